The van der Waals surface area contributed by atoms with Crippen LogP contribution in [0.3, 0.4) is 0 Å². The fourth-order valence-corrected chi connectivity index (χ4v) is 1.08. The van der Waals surface area contributed by atoms with Crippen molar-refractivity contribution >= 4 is 17.8 Å². The first-order chi connectivity index (χ1) is 6.41. The molecule has 0 aromatic rings. The molecule has 1 rings (SSSR count). The molecule has 1 fully saturated rings. The summed E-state index contributed by atoms with van der Waals surface area (Å²) in [6.07, 6.45) is 5.00. The van der Waals surface area contributed by atoms with Crippen LogP contribution in [0.1, 0.15) is 13.8 Å². The molecule has 0 aliphatic carbocycles. The van der Waals surface area contributed by atoms with Crippen LogP contribution in [-0.2, 0) is 9.59 Å². The zero-order valence-electron chi connectivity index (χ0n) is 7.96. The fourth-order valence-electron chi connectivity index (χ4n) is 1.08. The van der Waals surface area contributed by atoms with Crippen molar-refractivity contribution in [3.63, 3.8) is 0 Å². The standard InChI is InChI=1S/C9H10N2O3/c1-4-5-11-7(13)9(2,3)6(12)10-8(11)14/h1H,5H2,2-3H3,(H,10,12,14). The van der Waals surface area contributed by atoms with Crippen molar-refractivity contribution < 1.29 is 14.4 Å². The Hall–Kier alpha value is -1.83. The van der Waals surface area contributed by atoms with Crippen molar-refractivity contribution in [1.29, 1.82) is 0 Å². The van der Waals surface area contributed by atoms with Gasteiger partial charge in [0.05, 0.1) is 6.54 Å². The summed E-state index contributed by atoms with van der Waals surface area (Å²) in [5, 5.41) is 2.07. The van der Waals surface area contributed by atoms with Gasteiger partial charge in [0.2, 0.25) is 11.8 Å². The highest BCUT2D eigenvalue weighted by molar-refractivity contribution is 6.18. The highest BCUT2D eigenvalue weighted by Crippen LogP contribution is 2.22. The van der Waals surface area contributed by atoms with Gasteiger partial charge in [-0.15, -0.1) is 6.42 Å². The molecule has 0 saturated carbocycles. The van der Waals surface area contributed by atoms with Crippen LogP contribution in [0.25, 0.3) is 0 Å². The van der Waals surface area contributed by atoms with Crippen LogP contribution >= 0.6 is 0 Å². The van der Waals surface area contributed by atoms with E-state index in [4.69, 9.17) is 6.42 Å². The maximum atomic E-state index is 11.6. The monoisotopic (exact) mass is 194 g/mol. The Morgan fingerprint density at radius 1 is 1.43 bits per heavy atom. The van der Waals surface area contributed by atoms with Gasteiger partial charge < -0.3 is 0 Å². The smallest absolute Gasteiger partial charge is 0.277 e. The summed E-state index contributed by atoms with van der Waals surface area (Å²) in [7, 11) is 0. The summed E-state index contributed by atoms with van der Waals surface area (Å²) in [4.78, 5) is 34.9. The Bertz CT molecular complexity index is 352. The Kier molecular flexibility index (Phi) is 2.30. The Morgan fingerprint density at radius 2 is 2.00 bits per heavy atom. The SMILES string of the molecule is C#CCN1C(=O)NC(=O)C(C)(C)C1=O. The zero-order chi connectivity index (χ0) is 10.9. The van der Waals surface area contributed by atoms with Gasteiger partial charge in [0.15, 0.2) is 0 Å². The van der Waals surface area contributed by atoms with E-state index in [1.165, 1.54) is 13.8 Å². The third-order valence-corrected chi connectivity index (χ3v) is 2.06. The van der Waals surface area contributed by atoms with E-state index in [-0.39, 0.29) is 6.54 Å². The average Bonchev–Trinajstić information content (AvgIpc) is 2.10. The summed E-state index contributed by atoms with van der Waals surface area (Å²) in [5.74, 6) is 1.02. The fraction of sp³-hybridized carbons (Fsp3) is 0.444. The molecule has 4 amide bonds. The van der Waals surface area contributed by atoms with Gasteiger partial charge in [-0.05, 0) is 13.8 Å². The van der Waals surface area contributed by atoms with Crippen molar-refractivity contribution in [1.82, 2.24) is 10.2 Å². The van der Waals surface area contributed by atoms with Crippen LogP contribution in [0.2, 0.25) is 0 Å². The van der Waals surface area contributed by atoms with Gasteiger partial charge in [0.1, 0.15) is 5.41 Å². The van der Waals surface area contributed by atoms with Crippen LogP contribution in [0.4, 0.5) is 4.79 Å². The number of barbiturate groups is 1. The van der Waals surface area contributed by atoms with Crippen molar-refractivity contribution in [2.45, 2.75) is 13.8 Å². The maximum Gasteiger partial charge on any atom is 0.331 e. The number of hydrogen-bond acceptors (Lipinski definition) is 3. The predicted octanol–water partition coefficient (Wildman–Crippen LogP) is -0.276. The lowest BCUT2D eigenvalue weighted by Gasteiger charge is -2.33. The number of carbonyl (C=O) groups is 3. The molecule has 1 aliphatic rings. The van der Waals surface area contributed by atoms with Gasteiger partial charge in [0, 0.05) is 0 Å². The number of urea groups is 1. The molecule has 0 atom stereocenters. The number of nitrogens with zero attached hydrogens (tertiary/aromatic N) is 1. The Morgan fingerprint density at radius 3 is 2.50 bits per heavy atom. The maximum absolute atomic E-state index is 11.6. The first kappa shape index (κ1) is 10.3. The van der Waals surface area contributed by atoms with Crippen LogP contribution < -0.4 is 5.32 Å². The minimum atomic E-state index is -1.23. The summed E-state index contributed by atoms with van der Waals surface area (Å²) in [6, 6.07) is -0.753. The number of hydrogen-bond donors (Lipinski definition) is 1. The van der Waals surface area contributed by atoms with Crippen molar-refractivity contribution in [2.75, 3.05) is 6.54 Å². The quantitative estimate of drug-likeness (QED) is 0.461. The molecular weight excluding hydrogens is 184 g/mol. The molecule has 74 valence electrons. The molecule has 0 bridgehead atoms. The van der Waals surface area contributed by atoms with Crippen molar-refractivity contribution in [2.24, 2.45) is 5.41 Å². The van der Waals surface area contributed by atoms with E-state index < -0.39 is 23.3 Å². The van der Waals surface area contributed by atoms with E-state index in [2.05, 4.69) is 11.2 Å². The topological polar surface area (TPSA) is 66.5 Å². The predicted molar refractivity (Wildman–Crippen MR) is 47.9 cm³/mol. The summed E-state index contributed by atoms with van der Waals surface area (Å²) in [5.41, 5.74) is -1.23. The number of terminal acetylenes is 1. The number of amides is 4. The largest absolute Gasteiger partial charge is 0.331 e. The molecule has 0 aromatic heterocycles. The molecule has 0 spiro atoms. The van der Waals surface area contributed by atoms with Crippen molar-refractivity contribution in [3.8, 4) is 12.3 Å². The molecule has 5 nitrogen and oxygen atoms in total. The summed E-state index contributed by atoms with van der Waals surface area (Å²) >= 11 is 0. The van der Waals surface area contributed by atoms with Gasteiger partial charge in [-0.25, -0.2) is 4.79 Å². The first-order valence-corrected chi connectivity index (χ1v) is 4.02. The molecule has 14 heavy (non-hydrogen) atoms. The molecule has 0 aromatic carbocycles. The van der Waals surface area contributed by atoms with Crippen LogP contribution in [0.5, 0.6) is 0 Å². The zero-order valence-corrected chi connectivity index (χ0v) is 7.96. The second kappa shape index (κ2) is 3.14. The highest BCUT2D eigenvalue weighted by Gasteiger charge is 2.46. The van der Waals surface area contributed by atoms with E-state index >= 15 is 0 Å². The van der Waals surface area contributed by atoms with Gasteiger partial charge in [-0.3, -0.25) is 19.8 Å². The van der Waals surface area contributed by atoms with Crippen LogP contribution in [0, 0.1) is 17.8 Å². The molecule has 0 unspecified atom stereocenters. The minimum absolute atomic E-state index is 0.124. The van der Waals surface area contributed by atoms with Gasteiger partial charge in [-0.2, -0.15) is 0 Å². The summed E-state index contributed by atoms with van der Waals surface area (Å²) in [6.45, 7) is 2.77. The molecule has 0 radical (unpaired) electrons. The average molecular weight is 194 g/mol. The van der Waals surface area contributed by atoms with Crippen LogP contribution in [0.15, 0.2) is 0 Å². The highest BCUT2D eigenvalue weighted by atomic mass is 16.2. The Balaban J connectivity index is 3.02. The molecule has 1 saturated heterocycles. The second-order valence-corrected chi connectivity index (χ2v) is 3.48. The molecule has 5 heteroatoms. The summed E-state index contributed by atoms with van der Waals surface area (Å²) < 4.78 is 0. The molecule has 1 N–H and O–H groups in total. The molecule has 1 aliphatic heterocycles. The Labute approximate surface area is 81.4 Å². The lowest BCUT2D eigenvalue weighted by Crippen LogP contribution is -2.61. The van der Waals surface area contributed by atoms with Crippen molar-refractivity contribution in [3.05, 3.63) is 0 Å². The lowest BCUT2D eigenvalue weighted by molar-refractivity contribution is -0.148. The second-order valence-electron chi connectivity index (χ2n) is 3.48. The van der Waals surface area contributed by atoms with Gasteiger partial charge in [-0.1, -0.05) is 5.92 Å². The normalized spacial score (nSPS) is 20.4. The number of nitrogens with one attached hydrogen (secondary N) is 1. The minimum Gasteiger partial charge on any atom is -0.277 e. The number of carbonyl (C=O) groups excluding carboxylic acids is 3. The molecular formula is C9H10N2O3. The third kappa shape index (κ3) is 1.35. The van der Waals surface area contributed by atoms with Crippen LogP contribution in [-0.4, -0.2) is 29.3 Å². The third-order valence-electron chi connectivity index (χ3n) is 2.06. The van der Waals surface area contributed by atoms with Gasteiger partial charge >= 0.3 is 6.03 Å². The van der Waals surface area contributed by atoms with Gasteiger partial charge in [0.25, 0.3) is 0 Å². The van der Waals surface area contributed by atoms with E-state index in [9.17, 15) is 14.4 Å². The van der Waals surface area contributed by atoms with E-state index in [0.29, 0.717) is 0 Å². The molecule has 1 heterocycles. The number of rotatable bonds is 1. The van der Waals surface area contributed by atoms with E-state index in [1.54, 1.807) is 0 Å². The van der Waals surface area contributed by atoms with E-state index in [0.717, 1.165) is 4.90 Å². The lowest BCUT2D eigenvalue weighted by atomic mass is 9.89. The van der Waals surface area contributed by atoms with E-state index in [1.807, 2.05) is 0 Å². The first-order valence-electron chi connectivity index (χ1n) is 4.02. The number of imide groups is 2.